The van der Waals surface area contributed by atoms with Crippen molar-refractivity contribution in [2.75, 3.05) is 33.0 Å². The molecule has 214 valence electrons. The first-order chi connectivity index (χ1) is 18.6. The van der Waals surface area contributed by atoms with Gasteiger partial charge in [-0.25, -0.2) is 0 Å². The Labute approximate surface area is 229 Å². The standard InChI is InChI=1S/C32H50O6/c1-3-5-15-36-28-11-13-30(27(20-28)21-32-37-16-17-38-32)25-9-12-29(24-8-6-7-23(18-24)22-33)26(19-25)10-14-31(34)35-4-2/h9,11-13,18,24-30,32-33H,3-8,10,14-17,19-22H2,1-2H3. The monoisotopic (exact) mass is 530 g/mol. The minimum absolute atomic E-state index is 0.0920. The third-order valence-corrected chi connectivity index (χ3v) is 9.04. The predicted octanol–water partition coefficient (Wildman–Crippen LogP) is 6.00. The third-order valence-electron chi connectivity index (χ3n) is 9.04. The topological polar surface area (TPSA) is 74.2 Å². The zero-order chi connectivity index (χ0) is 26.7. The Morgan fingerprint density at radius 2 is 1.82 bits per heavy atom. The number of aliphatic hydroxyl groups is 1. The second-order valence-electron chi connectivity index (χ2n) is 11.6. The van der Waals surface area contributed by atoms with Gasteiger partial charge >= 0.3 is 5.97 Å². The average molecular weight is 531 g/mol. The molecular weight excluding hydrogens is 480 g/mol. The Kier molecular flexibility index (Phi) is 11.9. The molecule has 1 fully saturated rings. The van der Waals surface area contributed by atoms with E-state index in [0.717, 1.165) is 64.4 Å². The number of unbranched alkanes of at least 4 members (excludes halogenated alkanes) is 1. The summed E-state index contributed by atoms with van der Waals surface area (Å²) in [5.41, 5.74) is 1.17. The molecule has 1 saturated heterocycles. The van der Waals surface area contributed by atoms with Gasteiger partial charge in [0, 0.05) is 19.4 Å². The molecular formula is C32H50O6. The number of hydrogen-bond donors (Lipinski definition) is 1. The van der Waals surface area contributed by atoms with Gasteiger partial charge in [0.05, 0.1) is 32.5 Å². The highest BCUT2D eigenvalue weighted by Crippen LogP contribution is 2.46. The summed E-state index contributed by atoms with van der Waals surface area (Å²) >= 11 is 0. The van der Waals surface area contributed by atoms with Crippen molar-refractivity contribution in [3.8, 4) is 0 Å². The second kappa shape index (κ2) is 15.4. The van der Waals surface area contributed by atoms with Gasteiger partial charge in [-0.2, -0.15) is 0 Å². The highest BCUT2D eigenvalue weighted by Gasteiger charge is 2.39. The number of carbonyl (C=O) groups excluding carboxylic acids is 1. The maximum absolute atomic E-state index is 12.3. The van der Waals surface area contributed by atoms with Crippen LogP contribution in [0.1, 0.15) is 78.1 Å². The molecule has 0 radical (unpaired) electrons. The van der Waals surface area contributed by atoms with Crippen LogP contribution in [0.5, 0.6) is 0 Å². The number of ether oxygens (including phenoxy) is 4. The molecule has 0 aromatic rings. The number of carbonyl (C=O) groups is 1. The highest BCUT2D eigenvalue weighted by atomic mass is 16.7. The van der Waals surface area contributed by atoms with Crippen molar-refractivity contribution < 1.29 is 28.8 Å². The van der Waals surface area contributed by atoms with Crippen LogP contribution in [0.15, 0.2) is 36.0 Å². The Hall–Kier alpha value is -1.47. The van der Waals surface area contributed by atoms with E-state index >= 15 is 0 Å². The maximum Gasteiger partial charge on any atom is 0.305 e. The lowest BCUT2D eigenvalue weighted by Gasteiger charge is -2.42. The minimum Gasteiger partial charge on any atom is -0.466 e. The van der Waals surface area contributed by atoms with Crippen molar-refractivity contribution in [2.45, 2.75) is 90.4 Å². The summed E-state index contributed by atoms with van der Waals surface area (Å²) in [6.07, 6.45) is 21.8. The first-order valence-electron chi connectivity index (χ1n) is 15.3. The Bertz CT molecular complexity index is 813. The molecule has 1 heterocycles. The van der Waals surface area contributed by atoms with Crippen LogP contribution in [-0.2, 0) is 23.7 Å². The molecule has 0 aromatic heterocycles. The zero-order valence-corrected chi connectivity index (χ0v) is 23.6. The van der Waals surface area contributed by atoms with Crippen LogP contribution < -0.4 is 0 Å². The SMILES string of the molecule is CCCCOC1C=CC(C2C=CC(C3C=C(CO)CCC3)C(CCC(=O)OCC)C2)C(CC2OCCO2)C1. The molecule has 0 bridgehead atoms. The molecule has 7 atom stereocenters. The number of aliphatic hydroxyl groups excluding tert-OH is 1. The lowest BCUT2D eigenvalue weighted by atomic mass is 9.63. The molecule has 0 amide bonds. The summed E-state index contributed by atoms with van der Waals surface area (Å²) in [5.74, 6) is 2.42. The van der Waals surface area contributed by atoms with Crippen molar-refractivity contribution in [2.24, 2.45) is 35.5 Å². The summed E-state index contributed by atoms with van der Waals surface area (Å²) in [7, 11) is 0. The normalized spacial score (nSPS) is 33.9. The van der Waals surface area contributed by atoms with E-state index in [1.807, 2.05) is 6.92 Å². The second-order valence-corrected chi connectivity index (χ2v) is 11.6. The molecule has 6 heteroatoms. The van der Waals surface area contributed by atoms with Gasteiger partial charge in [0.15, 0.2) is 6.29 Å². The van der Waals surface area contributed by atoms with Crippen LogP contribution in [0.3, 0.4) is 0 Å². The van der Waals surface area contributed by atoms with E-state index in [-0.39, 0.29) is 25.0 Å². The fourth-order valence-corrected chi connectivity index (χ4v) is 7.09. The van der Waals surface area contributed by atoms with Crippen molar-refractivity contribution in [1.29, 1.82) is 0 Å². The molecule has 7 unspecified atom stereocenters. The van der Waals surface area contributed by atoms with E-state index in [1.54, 1.807) is 0 Å². The molecule has 4 rings (SSSR count). The summed E-state index contributed by atoms with van der Waals surface area (Å²) in [6, 6.07) is 0. The number of rotatable bonds is 13. The minimum atomic E-state index is -0.116. The molecule has 0 saturated carbocycles. The molecule has 1 N–H and O–H groups in total. The van der Waals surface area contributed by atoms with Crippen LogP contribution >= 0.6 is 0 Å². The van der Waals surface area contributed by atoms with Gasteiger partial charge in [0.25, 0.3) is 0 Å². The van der Waals surface area contributed by atoms with E-state index < -0.39 is 0 Å². The fraction of sp³-hybridized carbons (Fsp3) is 0.781. The highest BCUT2D eigenvalue weighted by molar-refractivity contribution is 5.69. The van der Waals surface area contributed by atoms with Gasteiger partial charge in [-0.05, 0) is 93.0 Å². The molecule has 0 spiro atoms. The molecule has 0 aromatic carbocycles. The average Bonchev–Trinajstić information content (AvgIpc) is 3.45. The van der Waals surface area contributed by atoms with E-state index in [2.05, 4.69) is 37.3 Å². The van der Waals surface area contributed by atoms with E-state index in [0.29, 0.717) is 61.7 Å². The van der Waals surface area contributed by atoms with Gasteiger partial charge in [-0.15, -0.1) is 0 Å². The van der Waals surface area contributed by atoms with Crippen LogP contribution in [0.2, 0.25) is 0 Å². The van der Waals surface area contributed by atoms with Crippen molar-refractivity contribution in [3.05, 3.63) is 36.0 Å². The third kappa shape index (κ3) is 8.27. The molecule has 4 aliphatic rings. The largest absolute Gasteiger partial charge is 0.466 e. The number of hydrogen-bond acceptors (Lipinski definition) is 6. The van der Waals surface area contributed by atoms with Gasteiger partial charge in [-0.1, -0.05) is 43.7 Å². The molecule has 3 aliphatic carbocycles. The van der Waals surface area contributed by atoms with Crippen molar-refractivity contribution in [1.82, 2.24) is 0 Å². The van der Waals surface area contributed by atoms with Crippen LogP contribution in [0, 0.1) is 35.5 Å². The zero-order valence-electron chi connectivity index (χ0n) is 23.6. The van der Waals surface area contributed by atoms with Crippen LogP contribution in [0.4, 0.5) is 0 Å². The first kappa shape index (κ1) is 29.5. The van der Waals surface area contributed by atoms with E-state index in [9.17, 15) is 9.90 Å². The Morgan fingerprint density at radius 3 is 2.58 bits per heavy atom. The summed E-state index contributed by atoms with van der Waals surface area (Å²) < 4.78 is 23.2. The number of allylic oxidation sites excluding steroid dienone is 4. The predicted molar refractivity (Wildman–Crippen MR) is 148 cm³/mol. The van der Waals surface area contributed by atoms with Gasteiger partial charge in [-0.3, -0.25) is 4.79 Å². The quantitative estimate of drug-likeness (QED) is 0.179. The van der Waals surface area contributed by atoms with Crippen molar-refractivity contribution in [3.63, 3.8) is 0 Å². The van der Waals surface area contributed by atoms with Crippen LogP contribution in [0.25, 0.3) is 0 Å². The van der Waals surface area contributed by atoms with E-state index in [1.165, 1.54) is 5.57 Å². The molecule has 38 heavy (non-hydrogen) atoms. The summed E-state index contributed by atoms with van der Waals surface area (Å²) in [6.45, 7) is 6.83. The van der Waals surface area contributed by atoms with E-state index in [4.69, 9.17) is 18.9 Å². The summed E-state index contributed by atoms with van der Waals surface area (Å²) in [5, 5.41) is 9.77. The maximum atomic E-state index is 12.3. The molecule has 6 nitrogen and oxygen atoms in total. The number of esters is 1. The Balaban J connectivity index is 1.51. The van der Waals surface area contributed by atoms with Crippen molar-refractivity contribution >= 4 is 5.97 Å². The van der Waals surface area contributed by atoms with Gasteiger partial charge in [0.2, 0.25) is 0 Å². The molecule has 1 aliphatic heterocycles. The first-order valence-corrected chi connectivity index (χ1v) is 15.3. The Morgan fingerprint density at radius 1 is 1.03 bits per heavy atom. The van der Waals surface area contributed by atoms with Gasteiger partial charge < -0.3 is 24.1 Å². The van der Waals surface area contributed by atoms with Gasteiger partial charge in [0.1, 0.15) is 0 Å². The van der Waals surface area contributed by atoms with Crippen LogP contribution in [-0.4, -0.2) is 56.5 Å². The summed E-state index contributed by atoms with van der Waals surface area (Å²) in [4.78, 5) is 12.3. The smallest absolute Gasteiger partial charge is 0.305 e. The fourth-order valence-electron chi connectivity index (χ4n) is 7.09. The lowest BCUT2D eigenvalue weighted by molar-refractivity contribution is -0.143. The lowest BCUT2D eigenvalue weighted by Crippen LogP contribution is -2.36.